The third-order valence-corrected chi connectivity index (χ3v) is 5.85. The summed E-state index contributed by atoms with van der Waals surface area (Å²) in [6, 6.07) is 1.72. The Bertz CT molecular complexity index is 521. The van der Waals surface area contributed by atoms with Crippen molar-refractivity contribution in [2.75, 3.05) is 17.6 Å². The quantitative estimate of drug-likeness (QED) is 0.919. The molecule has 0 radical (unpaired) electrons. The molecular weight excluding hydrogens is 328 g/mol. The Morgan fingerprint density at radius 3 is 2.94 bits per heavy atom. The van der Waals surface area contributed by atoms with E-state index in [-0.39, 0.29) is 5.25 Å². The van der Waals surface area contributed by atoms with Crippen molar-refractivity contribution in [3.63, 3.8) is 0 Å². The normalized spacial score (nSPS) is 22.6. The Labute approximate surface area is 114 Å². The first kappa shape index (κ1) is 13.1. The number of rotatable bonds is 3. The topological polar surface area (TPSA) is 59.1 Å². The number of nitrogens with one attached hydrogen (secondary N) is 1. The van der Waals surface area contributed by atoms with Crippen molar-refractivity contribution in [3.05, 3.63) is 21.8 Å². The monoisotopic (exact) mass is 338 g/mol. The second-order valence-electron chi connectivity index (χ2n) is 4.00. The molecule has 2 heterocycles. The molecule has 1 aromatic rings. The summed E-state index contributed by atoms with van der Waals surface area (Å²) >= 11 is 9.10. The molecule has 7 heteroatoms. The molecule has 0 spiro atoms. The summed E-state index contributed by atoms with van der Waals surface area (Å²) in [6.45, 7) is 0.398. The van der Waals surface area contributed by atoms with Crippen molar-refractivity contribution >= 4 is 43.2 Å². The summed E-state index contributed by atoms with van der Waals surface area (Å²) in [6.07, 6.45) is 3.00. The average molecular weight is 340 g/mol. The van der Waals surface area contributed by atoms with Crippen LogP contribution >= 0.6 is 27.5 Å². The minimum absolute atomic E-state index is 0.299. The summed E-state index contributed by atoms with van der Waals surface area (Å²) in [5.41, 5.74) is 0. The lowest BCUT2D eigenvalue weighted by atomic mass is 10.2. The molecule has 1 aliphatic heterocycles. The van der Waals surface area contributed by atoms with Crippen molar-refractivity contribution in [2.24, 2.45) is 0 Å². The first-order valence-corrected chi connectivity index (χ1v) is 8.14. The van der Waals surface area contributed by atoms with Gasteiger partial charge in [0.25, 0.3) is 0 Å². The van der Waals surface area contributed by atoms with Crippen LogP contribution in [0.25, 0.3) is 0 Å². The largest absolute Gasteiger partial charge is 0.368 e. The number of anilines is 1. The number of sulfone groups is 1. The Morgan fingerprint density at radius 2 is 2.35 bits per heavy atom. The lowest BCUT2D eigenvalue weighted by molar-refractivity contribution is 0.591. The first-order chi connectivity index (χ1) is 7.99. The van der Waals surface area contributed by atoms with Gasteiger partial charge >= 0.3 is 0 Å². The van der Waals surface area contributed by atoms with E-state index in [0.717, 1.165) is 17.3 Å². The molecule has 1 aliphatic rings. The molecule has 1 fully saturated rings. The van der Waals surface area contributed by atoms with E-state index in [1.165, 1.54) is 6.20 Å². The Kier molecular flexibility index (Phi) is 3.95. The summed E-state index contributed by atoms with van der Waals surface area (Å²) < 4.78 is 24.0. The van der Waals surface area contributed by atoms with Crippen LogP contribution in [0.1, 0.15) is 12.8 Å². The predicted molar refractivity (Wildman–Crippen MR) is 72.2 cm³/mol. The van der Waals surface area contributed by atoms with Gasteiger partial charge in [-0.2, -0.15) is 0 Å². The maximum absolute atomic E-state index is 11.6. The lowest BCUT2D eigenvalue weighted by Gasteiger charge is -2.12. The maximum Gasteiger partial charge on any atom is 0.154 e. The van der Waals surface area contributed by atoms with Gasteiger partial charge < -0.3 is 5.32 Å². The lowest BCUT2D eigenvalue weighted by Crippen LogP contribution is -2.25. The van der Waals surface area contributed by atoms with Gasteiger partial charge in [0.05, 0.1) is 20.5 Å². The molecule has 0 amide bonds. The zero-order valence-corrected chi connectivity index (χ0v) is 12.1. The van der Waals surface area contributed by atoms with Crippen LogP contribution in [0.3, 0.4) is 0 Å². The highest BCUT2D eigenvalue weighted by Crippen LogP contribution is 2.25. The predicted octanol–water partition coefficient (Wildman–Crippen LogP) is 2.49. The van der Waals surface area contributed by atoms with E-state index >= 15 is 0 Å². The van der Waals surface area contributed by atoms with E-state index in [9.17, 15) is 8.42 Å². The maximum atomic E-state index is 11.6. The second-order valence-corrected chi connectivity index (χ2v) is 7.69. The number of aromatic nitrogens is 1. The van der Waals surface area contributed by atoms with Crippen molar-refractivity contribution < 1.29 is 8.42 Å². The van der Waals surface area contributed by atoms with Gasteiger partial charge in [0.1, 0.15) is 5.82 Å². The summed E-state index contributed by atoms with van der Waals surface area (Å²) in [7, 11) is -2.91. The SMILES string of the molecule is O=S1(=O)CCCC1CNc1ncc(Cl)cc1Br. The molecule has 1 aromatic heterocycles. The van der Waals surface area contributed by atoms with Crippen LogP contribution in [0.15, 0.2) is 16.7 Å². The third kappa shape index (κ3) is 3.11. The molecule has 0 aliphatic carbocycles. The number of nitrogens with zero attached hydrogens (tertiary/aromatic N) is 1. The smallest absolute Gasteiger partial charge is 0.154 e. The fraction of sp³-hybridized carbons (Fsp3) is 0.500. The molecule has 1 atom stereocenters. The number of pyridine rings is 1. The Balaban J connectivity index is 2.03. The second kappa shape index (κ2) is 5.12. The van der Waals surface area contributed by atoms with E-state index in [4.69, 9.17) is 11.6 Å². The minimum atomic E-state index is -2.91. The van der Waals surface area contributed by atoms with Gasteiger partial charge in [-0.15, -0.1) is 0 Å². The zero-order valence-electron chi connectivity index (χ0n) is 8.99. The minimum Gasteiger partial charge on any atom is -0.368 e. The highest BCUT2D eigenvalue weighted by molar-refractivity contribution is 9.10. The number of halogens is 2. The number of hydrogen-bond acceptors (Lipinski definition) is 4. The Hall–Kier alpha value is -0.330. The van der Waals surface area contributed by atoms with E-state index in [2.05, 4.69) is 26.2 Å². The van der Waals surface area contributed by atoms with Gasteiger partial charge in [0, 0.05) is 12.7 Å². The van der Waals surface area contributed by atoms with Crippen LogP contribution in [0.4, 0.5) is 5.82 Å². The van der Waals surface area contributed by atoms with Gasteiger partial charge in [-0.3, -0.25) is 0 Å². The zero-order chi connectivity index (χ0) is 12.5. The Morgan fingerprint density at radius 1 is 1.59 bits per heavy atom. The van der Waals surface area contributed by atoms with E-state index in [0.29, 0.717) is 23.1 Å². The molecular formula is C10H12BrClN2O2S. The molecule has 0 bridgehead atoms. The van der Waals surface area contributed by atoms with Crippen LogP contribution in [-0.4, -0.2) is 30.9 Å². The molecule has 1 saturated heterocycles. The van der Waals surface area contributed by atoms with Gasteiger partial charge in [-0.05, 0) is 34.8 Å². The van der Waals surface area contributed by atoms with Crippen LogP contribution < -0.4 is 5.32 Å². The van der Waals surface area contributed by atoms with E-state index in [1.54, 1.807) is 6.07 Å². The summed E-state index contributed by atoms with van der Waals surface area (Å²) in [4.78, 5) is 4.10. The van der Waals surface area contributed by atoms with E-state index in [1.807, 2.05) is 0 Å². The molecule has 1 unspecified atom stereocenters. The summed E-state index contributed by atoms with van der Waals surface area (Å²) in [5.74, 6) is 0.922. The van der Waals surface area contributed by atoms with Gasteiger partial charge in [0.2, 0.25) is 0 Å². The highest BCUT2D eigenvalue weighted by Gasteiger charge is 2.30. The van der Waals surface area contributed by atoms with Crippen LogP contribution in [0.5, 0.6) is 0 Å². The molecule has 17 heavy (non-hydrogen) atoms. The molecule has 0 saturated carbocycles. The fourth-order valence-electron chi connectivity index (χ4n) is 1.84. The van der Waals surface area contributed by atoms with Gasteiger partial charge in [-0.1, -0.05) is 11.6 Å². The van der Waals surface area contributed by atoms with Gasteiger partial charge in [0.15, 0.2) is 9.84 Å². The average Bonchev–Trinajstić information content (AvgIpc) is 2.57. The molecule has 2 rings (SSSR count). The van der Waals surface area contributed by atoms with Crippen molar-refractivity contribution in [1.82, 2.24) is 4.98 Å². The first-order valence-electron chi connectivity index (χ1n) is 5.25. The van der Waals surface area contributed by atoms with Crippen LogP contribution in [0.2, 0.25) is 5.02 Å². The fourth-order valence-corrected chi connectivity index (χ4v) is 4.39. The van der Waals surface area contributed by atoms with Crippen molar-refractivity contribution in [2.45, 2.75) is 18.1 Å². The molecule has 1 N–H and O–H groups in total. The molecule has 4 nitrogen and oxygen atoms in total. The van der Waals surface area contributed by atoms with Crippen molar-refractivity contribution in [1.29, 1.82) is 0 Å². The standard InChI is InChI=1S/C10H12BrClN2O2S/c11-9-4-7(12)5-13-10(9)14-6-8-2-1-3-17(8,15)16/h4-5,8H,1-3,6H2,(H,13,14). The molecule has 94 valence electrons. The molecule has 0 aromatic carbocycles. The van der Waals surface area contributed by atoms with Crippen molar-refractivity contribution in [3.8, 4) is 0 Å². The van der Waals surface area contributed by atoms with Gasteiger partial charge in [-0.25, -0.2) is 13.4 Å². The van der Waals surface area contributed by atoms with Crippen LogP contribution in [-0.2, 0) is 9.84 Å². The third-order valence-electron chi connectivity index (χ3n) is 2.77. The highest BCUT2D eigenvalue weighted by atomic mass is 79.9. The number of hydrogen-bond donors (Lipinski definition) is 1. The van der Waals surface area contributed by atoms with Crippen LogP contribution in [0, 0.1) is 0 Å². The van der Waals surface area contributed by atoms with E-state index < -0.39 is 9.84 Å². The summed E-state index contributed by atoms with van der Waals surface area (Å²) in [5, 5.41) is 3.28.